The molecule has 0 aliphatic carbocycles. The van der Waals surface area contributed by atoms with E-state index >= 15 is 0 Å². The Morgan fingerprint density at radius 1 is 1.05 bits per heavy atom. The summed E-state index contributed by atoms with van der Waals surface area (Å²) in [6, 6.07) is 11.5. The largest absolute Gasteiger partial charge is 0.478 e. The van der Waals surface area contributed by atoms with Gasteiger partial charge in [-0.2, -0.15) is 0 Å². The summed E-state index contributed by atoms with van der Waals surface area (Å²) in [7, 11) is 0. The number of carboxylic acids is 1. The second-order valence-electron chi connectivity index (χ2n) is 4.96. The second-order valence-corrected chi connectivity index (χ2v) is 4.96. The van der Waals surface area contributed by atoms with Gasteiger partial charge in [0.25, 0.3) is 0 Å². The van der Waals surface area contributed by atoms with Crippen LogP contribution in [0.2, 0.25) is 0 Å². The van der Waals surface area contributed by atoms with Crippen LogP contribution in [0.1, 0.15) is 22.3 Å². The first-order valence-corrected chi connectivity index (χ1v) is 6.73. The molecule has 0 amide bonds. The molecule has 0 bridgehead atoms. The van der Waals surface area contributed by atoms with Crippen molar-refractivity contribution in [2.24, 2.45) is 0 Å². The Hall–Kier alpha value is -2.55. The predicted molar refractivity (Wildman–Crippen MR) is 83.8 cm³/mol. The molecule has 2 aromatic rings. The average Bonchev–Trinajstić information content (AvgIpc) is 2.46. The summed E-state index contributed by atoms with van der Waals surface area (Å²) in [4.78, 5) is 10.7. The lowest BCUT2D eigenvalue weighted by Crippen LogP contribution is -1.95. The highest BCUT2D eigenvalue weighted by atomic mass is 16.5. The number of benzene rings is 2. The third-order valence-corrected chi connectivity index (χ3v) is 3.41. The van der Waals surface area contributed by atoms with Crippen LogP contribution in [-0.4, -0.2) is 11.1 Å². The number of rotatable bonds is 4. The van der Waals surface area contributed by atoms with E-state index in [-0.39, 0.29) is 0 Å². The topological polar surface area (TPSA) is 46.5 Å². The normalized spacial score (nSPS) is 10.8. The van der Waals surface area contributed by atoms with Gasteiger partial charge in [0.1, 0.15) is 11.5 Å². The highest BCUT2D eigenvalue weighted by Gasteiger charge is 2.09. The number of carboxylic acid groups (broad SMARTS) is 1. The fourth-order valence-electron chi connectivity index (χ4n) is 2.06. The van der Waals surface area contributed by atoms with E-state index in [0.717, 1.165) is 34.1 Å². The Morgan fingerprint density at radius 2 is 1.71 bits per heavy atom. The van der Waals surface area contributed by atoms with Crippen molar-refractivity contribution in [1.29, 1.82) is 0 Å². The molecule has 0 spiro atoms. The zero-order chi connectivity index (χ0) is 15.4. The zero-order valence-electron chi connectivity index (χ0n) is 12.4. The van der Waals surface area contributed by atoms with Gasteiger partial charge in [0.15, 0.2) is 0 Å². The molecule has 21 heavy (non-hydrogen) atoms. The van der Waals surface area contributed by atoms with Crippen LogP contribution >= 0.6 is 0 Å². The SMILES string of the molecule is Cc1ccc(C)c(Oc2ccccc2/C=C/C(=O)O)c1C. The molecule has 2 aromatic carbocycles. The maximum absolute atomic E-state index is 10.7. The lowest BCUT2D eigenvalue weighted by Gasteiger charge is -2.15. The van der Waals surface area contributed by atoms with Crippen LogP contribution in [0.4, 0.5) is 0 Å². The van der Waals surface area contributed by atoms with Gasteiger partial charge in [-0.25, -0.2) is 4.79 Å². The standard InChI is InChI=1S/C18H18O3/c1-12-8-9-13(2)18(14(12)3)21-16-7-5-4-6-15(16)10-11-17(19)20/h4-11H,1-3H3,(H,19,20)/b11-10+. The minimum atomic E-state index is -0.979. The summed E-state index contributed by atoms with van der Waals surface area (Å²) in [6.07, 6.45) is 2.65. The number of ether oxygens (including phenoxy) is 1. The van der Waals surface area contributed by atoms with Gasteiger partial charge in [0.2, 0.25) is 0 Å². The van der Waals surface area contributed by atoms with Crippen LogP contribution in [0.3, 0.4) is 0 Å². The fraction of sp³-hybridized carbons (Fsp3) is 0.167. The van der Waals surface area contributed by atoms with Gasteiger partial charge in [-0.05, 0) is 49.6 Å². The van der Waals surface area contributed by atoms with Crippen molar-refractivity contribution in [3.05, 3.63) is 64.7 Å². The van der Waals surface area contributed by atoms with Gasteiger partial charge < -0.3 is 9.84 Å². The maximum Gasteiger partial charge on any atom is 0.328 e. The monoisotopic (exact) mass is 282 g/mol. The molecule has 0 radical (unpaired) electrons. The molecule has 3 heteroatoms. The Morgan fingerprint density at radius 3 is 2.43 bits per heavy atom. The van der Waals surface area contributed by atoms with Crippen LogP contribution in [0, 0.1) is 20.8 Å². The van der Waals surface area contributed by atoms with Crippen LogP contribution in [0.15, 0.2) is 42.5 Å². The van der Waals surface area contributed by atoms with E-state index in [1.54, 1.807) is 0 Å². The molecule has 0 aliphatic rings. The first-order chi connectivity index (χ1) is 9.99. The van der Waals surface area contributed by atoms with E-state index in [9.17, 15) is 4.79 Å². The number of aryl methyl sites for hydroxylation is 2. The summed E-state index contributed by atoms with van der Waals surface area (Å²) < 4.78 is 6.04. The van der Waals surface area contributed by atoms with Crippen molar-refractivity contribution < 1.29 is 14.6 Å². The summed E-state index contributed by atoms with van der Waals surface area (Å²) in [5.74, 6) is 0.491. The van der Waals surface area contributed by atoms with Crippen LogP contribution in [0.25, 0.3) is 6.08 Å². The van der Waals surface area contributed by atoms with Gasteiger partial charge in [-0.3, -0.25) is 0 Å². The second kappa shape index (κ2) is 6.27. The first-order valence-electron chi connectivity index (χ1n) is 6.73. The number of carbonyl (C=O) groups is 1. The smallest absolute Gasteiger partial charge is 0.328 e. The van der Waals surface area contributed by atoms with E-state index in [1.807, 2.05) is 51.1 Å². The molecule has 108 valence electrons. The van der Waals surface area contributed by atoms with Gasteiger partial charge in [-0.15, -0.1) is 0 Å². The molecular weight excluding hydrogens is 264 g/mol. The van der Waals surface area contributed by atoms with Crippen molar-refractivity contribution in [3.63, 3.8) is 0 Å². The van der Waals surface area contributed by atoms with Crippen molar-refractivity contribution >= 4 is 12.0 Å². The van der Waals surface area contributed by atoms with Crippen molar-refractivity contribution in [1.82, 2.24) is 0 Å². The summed E-state index contributed by atoms with van der Waals surface area (Å²) in [6.45, 7) is 6.06. The maximum atomic E-state index is 10.7. The van der Waals surface area contributed by atoms with E-state index < -0.39 is 5.97 Å². The molecule has 0 saturated carbocycles. The molecule has 2 rings (SSSR count). The van der Waals surface area contributed by atoms with Gasteiger partial charge in [0, 0.05) is 11.6 Å². The number of hydrogen-bond donors (Lipinski definition) is 1. The Balaban J connectivity index is 2.41. The Bertz CT molecular complexity index is 700. The summed E-state index contributed by atoms with van der Waals surface area (Å²) >= 11 is 0. The van der Waals surface area contributed by atoms with Crippen molar-refractivity contribution in [3.8, 4) is 11.5 Å². The molecule has 0 unspecified atom stereocenters. The zero-order valence-corrected chi connectivity index (χ0v) is 12.4. The van der Waals surface area contributed by atoms with Gasteiger partial charge >= 0.3 is 5.97 Å². The van der Waals surface area contributed by atoms with Gasteiger partial charge in [-0.1, -0.05) is 30.3 Å². The highest BCUT2D eigenvalue weighted by molar-refractivity contribution is 5.85. The number of para-hydroxylation sites is 1. The molecular formula is C18H18O3. The summed E-state index contributed by atoms with van der Waals surface area (Å²) in [5, 5.41) is 8.75. The fourth-order valence-corrected chi connectivity index (χ4v) is 2.06. The number of hydrogen-bond acceptors (Lipinski definition) is 2. The molecule has 1 N–H and O–H groups in total. The van der Waals surface area contributed by atoms with Gasteiger partial charge in [0.05, 0.1) is 0 Å². The third kappa shape index (κ3) is 3.51. The minimum absolute atomic E-state index is 0.645. The summed E-state index contributed by atoms with van der Waals surface area (Å²) in [5.41, 5.74) is 4.04. The molecule has 0 atom stereocenters. The lowest BCUT2D eigenvalue weighted by atomic mass is 10.1. The van der Waals surface area contributed by atoms with Crippen molar-refractivity contribution in [2.45, 2.75) is 20.8 Å². The predicted octanol–water partition coefficient (Wildman–Crippen LogP) is 4.50. The molecule has 0 saturated heterocycles. The van der Waals surface area contributed by atoms with E-state index in [1.165, 1.54) is 6.08 Å². The molecule has 3 nitrogen and oxygen atoms in total. The Kier molecular flexibility index (Phi) is 4.43. The number of aliphatic carboxylic acids is 1. The minimum Gasteiger partial charge on any atom is -0.478 e. The van der Waals surface area contributed by atoms with E-state index in [2.05, 4.69) is 6.07 Å². The van der Waals surface area contributed by atoms with Crippen LogP contribution in [-0.2, 0) is 4.79 Å². The molecule has 0 aliphatic heterocycles. The van der Waals surface area contributed by atoms with E-state index in [4.69, 9.17) is 9.84 Å². The molecule has 0 fully saturated rings. The third-order valence-electron chi connectivity index (χ3n) is 3.41. The lowest BCUT2D eigenvalue weighted by molar-refractivity contribution is -0.131. The van der Waals surface area contributed by atoms with E-state index in [0.29, 0.717) is 5.75 Å². The van der Waals surface area contributed by atoms with Crippen molar-refractivity contribution in [2.75, 3.05) is 0 Å². The molecule has 0 heterocycles. The Labute approximate surface area is 124 Å². The quantitative estimate of drug-likeness (QED) is 0.840. The highest BCUT2D eigenvalue weighted by Crippen LogP contribution is 2.32. The average molecular weight is 282 g/mol. The van der Waals surface area contributed by atoms with Crippen LogP contribution < -0.4 is 4.74 Å². The first kappa shape index (κ1) is 14.9. The molecule has 0 aromatic heterocycles. The van der Waals surface area contributed by atoms with Crippen LogP contribution in [0.5, 0.6) is 11.5 Å².